The Bertz CT molecular complexity index is 308. The van der Waals surface area contributed by atoms with E-state index < -0.39 is 0 Å². The molecule has 2 N–H and O–H groups in total. The third kappa shape index (κ3) is 2.56. The molecule has 0 aromatic carbocycles. The van der Waals surface area contributed by atoms with E-state index in [1.165, 1.54) is 0 Å². The number of nitrogens with zero attached hydrogens (tertiary/aromatic N) is 3. The minimum atomic E-state index is 0.0893. The summed E-state index contributed by atoms with van der Waals surface area (Å²) in [5.41, 5.74) is 6.44. The van der Waals surface area contributed by atoms with Crippen LogP contribution in [0, 0.1) is 17.2 Å². The highest BCUT2D eigenvalue weighted by molar-refractivity contribution is 5.21. The molecule has 0 amide bonds. The zero-order valence-electron chi connectivity index (χ0n) is 7.94. The molecule has 1 rings (SSSR count). The van der Waals surface area contributed by atoms with E-state index in [0.717, 1.165) is 0 Å². The molecule has 4 nitrogen and oxygen atoms in total. The molecule has 0 spiro atoms. The molecule has 0 saturated carbocycles. The number of nitriles is 1. The quantitative estimate of drug-likeness (QED) is 0.742. The molecule has 1 aromatic rings. The molecule has 4 heteroatoms. The van der Waals surface area contributed by atoms with Crippen molar-refractivity contribution in [2.45, 2.75) is 26.4 Å². The van der Waals surface area contributed by atoms with E-state index in [1.807, 2.05) is 6.07 Å². The van der Waals surface area contributed by atoms with Gasteiger partial charge in [0.05, 0.1) is 18.3 Å². The van der Waals surface area contributed by atoms with Gasteiger partial charge in [0, 0.05) is 12.2 Å². The predicted octanol–water partition coefficient (Wildman–Crippen LogP) is 0.738. The third-order valence-electron chi connectivity index (χ3n) is 2.02. The van der Waals surface area contributed by atoms with E-state index in [-0.39, 0.29) is 6.04 Å². The second-order valence-electron chi connectivity index (χ2n) is 3.47. The molecule has 1 atom stereocenters. The lowest BCUT2D eigenvalue weighted by Crippen LogP contribution is -2.31. The van der Waals surface area contributed by atoms with Crippen LogP contribution in [0.2, 0.25) is 0 Å². The van der Waals surface area contributed by atoms with Crippen LogP contribution >= 0.6 is 0 Å². The Kier molecular flexibility index (Phi) is 3.04. The first-order valence-electron chi connectivity index (χ1n) is 4.31. The van der Waals surface area contributed by atoms with Crippen LogP contribution in [-0.4, -0.2) is 15.8 Å². The van der Waals surface area contributed by atoms with Gasteiger partial charge in [0.25, 0.3) is 0 Å². The predicted molar refractivity (Wildman–Crippen MR) is 49.8 cm³/mol. The van der Waals surface area contributed by atoms with Gasteiger partial charge in [-0.3, -0.25) is 4.68 Å². The van der Waals surface area contributed by atoms with Gasteiger partial charge in [0.1, 0.15) is 6.07 Å². The Hall–Kier alpha value is -1.34. The Morgan fingerprint density at radius 1 is 1.69 bits per heavy atom. The van der Waals surface area contributed by atoms with E-state index in [9.17, 15) is 0 Å². The van der Waals surface area contributed by atoms with Gasteiger partial charge in [-0.1, -0.05) is 13.8 Å². The van der Waals surface area contributed by atoms with Gasteiger partial charge in [-0.05, 0) is 5.92 Å². The maximum Gasteiger partial charge on any atom is 0.102 e. The van der Waals surface area contributed by atoms with Crippen molar-refractivity contribution in [2.75, 3.05) is 0 Å². The fourth-order valence-electron chi connectivity index (χ4n) is 0.948. The molecule has 70 valence electrons. The van der Waals surface area contributed by atoms with Crippen molar-refractivity contribution in [3.63, 3.8) is 0 Å². The average molecular weight is 178 g/mol. The molecule has 0 saturated heterocycles. The summed E-state index contributed by atoms with van der Waals surface area (Å²) >= 11 is 0. The number of nitrogens with two attached hydrogens (primary N) is 1. The van der Waals surface area contributed by atoms with Gasteiger partial charge >= 0.3 is 0 Å². The van der Waals surface area contributed by atoms with Crippen molar-refractivity contribution in [3.05, 3.63) is 18.0 Å². The SMILES string of the molecule is CC(C)[C@@H](N)Cn1cc(C#N)cn1. The summed E-state index contributed by atoms with van der Waals surface area (Å²) in [5, 5.41) is 12.6. The minimum Gasteiger partial charge on any atom is -0.326 e. The lowest BCUT2D eigenvalue weighted by atomic mass is 10.1. The lowest BCUT2D eigenvalue weighted by Gasteiger charge is -2.14. The Morgan fingerprint density at radius 2 is 2.38 bits per heavy atom. The number of hydrogen-bond acceptors (Lipinski definition) is 3. The van der Waals surface area contributed by atoms with E-state index >= 15 is 0 Å². The Morgan fingerprint density at radius 3 is 2.85 bits per heavy atom. The molecule has 13 heavy (non-hydrogen) atoms. The summed E-state index contributed by atoms with van der Waals surface area (Å²) in [6, 6.07) is 2.11. The molecule has 0 bridgehead atoms. The van der Waals surface area contributed by atoms with Crippen molar-refractivity contribution in [2.24, 2.45) is 11.7 Å². The van der Waals surface area contributed by atoms with E-state index in [1.54, 1.807) is 17.1 Å². The maximum absolute atomic E-state index is 8.56. The fraction of sp³-hybridized carbons (Fsp3) is 0.556. The summed E-state index contributed by atoms with van der Waals surface area (Å²) < 4.78 is 1.71. The van der Waals surface area contributed by atoms with Crippen LogP contribution in [0.3, 0.4) is 0 Å². The van der Waals surface area contributed by atoms with Crippen molar-refractivity contribution in [3.8, 4) is 6.07 Å². The maximum atomic E-state index is 8.56. The topological polar surface area (TPSA) is 67.6 Å². The fourth-order valence-corrected chi connectivity index (χ4v) is 0.948. The van der Waals surface area contributed by atoms with Crippen LogP contribution in [0.5, 0.6) is 0 Å². The molecule has 1 heterocycles. The van der Waals surface area contributed by atoms with Gasteiger partial charge < -0.3 is 5.73 Å². The summed E-state index contributed by atoms with van der Waals surface area (Å²) in [6.07, 6.45) is 3.26. The molecule has 0 aliphatic carbocycles. The van der Waals surface area contributed by atoms with Crippen molar-refractivity contribution in [1.82, 2.24) is 9.78 Å². The highest BCUT2D eigenvalue weighted by Gasteiger charge is 2.08. The highest BCUT2D eigenvalue weighted by Crippen LogP contribution is 2.02. The third-order valence-corrected chi connectivity index (χ3v) is 2.02. The summed E-state index contributed by atoms with van der Waals surface area (Å²) in [4.78, 5) is 0. The molecule has 0 fully saturated rings. The first-order valence-corrected chi connectivity index (χ1v) is 4.31. The van der Waals surface area contributed by atoms with Crippen LogP contribution in [0.1, 0.15) is 19.4 Å². The van der Waals surface area contributed by atoms with Gasteiger partial charge in [0.2, 0.25) is 0 Å². The van der Waals surface area contributed by atoms with Crippen LogP contribution in [-0.2, 0) is 6.54 Å². The first-order chi connectivity index (χ1) is 6.13. The number of rotatable bonds is 3. The second kappa shape index (κ2) is 4.06. The first kappa shape index (κ1) is 9.75. The molecule has 0 unspecified atom stereocenters. The van der Waals surface area contributed by atoms with Crippen molar-refractivity contribution >= 4 is 0 Å². The monoisotopic (exact) mass is 178 g/mol. The normalized spacial score (nSPS) is 12.8. The van der Waals surface area contributed by atoms with Gasteiger partial charge in [-0.2, -0.15) is 10.4 Å². The lowest BCUT2D eigenvalue weighted by molar-refractivity contribution is 0.413. The number of hydrogen-bond donors (Lipinski definition) is 1. The van der Waals surface area contributed by atoms with E-state index in [0.29, 0.717) is 18.0 Å². The standard InChI is InChI=1S/C9H14N4/c1-7(2)9(11)6-13-5-8(3-10)4-12-13/h4-5,7,9H,6,11H2,1-2H3/t9-/m0/s1. The molecule has 0 radical (unpaired) electrons. The van der Waals surface area contributed by atoms with Gasteiger partial charge in [-0.15, -0.1) is 0 Å². The van der Waals surface area contributed by atoms with Crippen LogP contribution < -0.4 is 5.73 Å². The molecule has 0 aliphatic heterocycles. The average Bonchev–Trinajstić information content (AvgIpc) is 2.52. The second-order valence-corrected chi connectivity index (χ2v) is 3.47. The largest absolute Gasteiger partial charge is 0.326 e. The molecular formula is C9H14N4. The zero-order chi connectivity index (χ0) is 9.84. The van der Waals surface area contributed by atoms with Gasteiger partial charge in [0.15, 0.2) is 0 Å². The van der Waals surface area contributed by atoms with Crippen LogP contribution in [0.4, 0.5) is 0 Å². The summed E-state index contributed by atoms with van der Waals surface area (Å²) in [7, 11) is 0. The summed E-state index contributed by atoms with van der Waals surface area (Å²) in [6.45, 7) is 4.80. The smallest absolute Gasteiger partial charge is 0.102 e. The van der Waals surface area contributed by atoms with Crippen molar-refractivity contribution in [1.29, 1.82) is 5.26 Å². The Labute approximate surface area is 78.0 Å². The zero-order valence-corrected chi connectivity index (χ0v) is 7.94. The summed E-state index contributed by atoms with van der Waals surface area (Å²) in [5.74, 6) is 0.426. The van der Waals surface area contributed by atoms with Crippen molar-refractivity contribution < 1.29 is 0 Å². The van der Waals surface area contributed by atoms with E-state index in [2.05, 4.69) is 18.9 Å². The highest BCUT2D eigenvalue weighted by atomic mass is 15.3. The van der Waals surface area contributed by atoms with Crippen LogP contribution in [0.25, 0.3) is 0 Å². The van der Waals surface area contributed by atoms with E-state index in [4.69, 9.17) is 11.0 Å². The number of aromatic nitrogens is 2. The van der Waals surface area contributed by atoms with Gasteiger partial charge in [-0.25, -0.2) is 0 Å². The molecule has 1 aromatic heterocycles. The minimum absolute atomic E-state index is 0.0893. The van der Waals surface area contributed by atoms with Crippen LogP contribution in [0.15, 0.2) is 12.4 Å². The molecule has 0 aliphatic rings. The molecular weight excluding hydrogens is 164 g/mol. The Balaban J connectivity index is 2.60.